The van der Waals surface area contributed by atoms with Crippen LogP contribution in [0.4, 0.5) is 10.1 Å². The highest BCUT2D eigenvalue weighted by molar-refractivity contribution is 6.30. The molecular formula is C21H20ClFN4O. The summed E-state index contributed by atoms with van der Waals surface area (Å²) < 4.78 is 15.6. The van der Waals surface area contributed by atoms with E-state index in [2.05, 4.69) is 10.00 Å². The Balaban J connectivity index is 1.52. The molecule has 0 bridgehead atoms. The maximum atomic E-state index is 14.2. The number of nitrogens with zero attached hydrogens (tertiary/aromatic N) is 4. The largest absolute Gasteiger partial charge is 0.368 e. The lowest BCUT2D eigenvalue weighted by molar-refractivity contribution is 0.0737. The second kappa shape index (κ2) is 7.64. The Kier molecular flexibility index (Phi) is 5.05. The molecular weight excluding hydrogens is 379 g/mol. The average Bonchev–Trinajstić information content (AvgIpc) is 3.10. The first kappa shape index (κ1) is 18.5. The maximum absolute atomic E-state index is 14.2. The van der Waals surface area contributed by atoms with Crippen LogP contribution in [0.3, 0.4) is 0 Å². The normalized spacial score (nSPS) is 14.4. The van der Waals surface area contributed by atoms with Gasteiger partial charge in [0.05, 0.1) is 5.69 Å². The summed E-state index contributed by atoms with van der Waals surface area (Å²) in [4.78, 5) is 17.1. The molecule has 1 amide bonds. The Morgan fingerprint density at radius 1 is 1.04 bits per heavy atom. The Hall–Kier alpha value is -2.86. The van der Waals surface area contributed by atoms with Crippen molar-refractivity contribution < 1.29 is 9.18 Å². The van der Waals surface area contributed by atoms with E-state index in [4.69, 9.17) is 11.6 Å². The summed E-state index contributed by atoms with van der Waals surface area (Å²) in [6.45, 7) is 4.42. The van der Waals surface area contributed by atoms with Gasteiger partial charge < -0.3 is 9.80 Å². The summed E-state index contributed by atoms with van der Waals surface area (Å²) >= 11 is 5.96. The quantitative estimate of drug-likeness (QED) is 0.671. The topological polar surface area (TPSA) is 41.4 Å². The van der Waals surface area contributed by atoms with E-state index in [9.17, 15) is 9.18 Å². The zero-order valence-corrected chi connectivity index (χ0v) is 16.2. The van der Waals surface area contributed by atoms with Gasteiger partial charge in [-0.05, 0) is 49.4 Å². The number of hydrogen-bond acceptors (Lipinski definition) is 3. The summed E-state index contributed by atoms with van der Waals surface area (Å²) in [5.41, 5.74) is 2.41. The van der Waals surface area contributed by atoms with Crippen molar-refractivity contribution in [2.45, 2.75) is 6.92 Å². The van der Waals surface area contributed by atoms with Gasteiger partial charge in [0, 0.05) is 36.9 Å². The summed E-state index contributed by atoms with van der Waals surface area (Å²) in [6, 6.07) is 15.7. The fourth-order valence-electron chi connectivity index (χ4n) is 3.44. The van der Waals surface area contributed by atoms with E-state index in [-0.39, 0.29) is 11.6 Å². The van der Waals surface area contributed by atoms with Crippen LogP contribution in [0.1, 0.15) is 16.2 Å². The van der Waals surface area contributed by atoms with Crippen molar-refractivity contribution in [3.63, 3.8) is 0 Å². The first-order valence-electron chi connectivity index (χ1n) is 9.14. The number of carbonyl (C=O) groups excluding carboxylic acids is 1. The van der Waals surface area contributed by atoms with Crippen LogP contribution in [0.25, 0.3) is 5.69 Å². The number of anilines is 1. The van der Waals surface area contributed by atoms with Gasteiger partial charge in [-0.2, -0.15) is 5.10 Å². The van der Waals surface area contributed by atoms with Crippen molar-refractivity contribution in [3.05, 3.63) is 76.8 Å². The van der Waals surface area contributed by atoms with E-state index < -0.39 is 5.82 Å². The first-order chi connectivity index (χ1) is 13.5. The highest BCUT2D eigenvalue weighted by atomic mass is 35.5. The summed E-state index contributed by atoms with van der Waals surface area (Å²) in [5.74, 6) is -0.549. The molecule has 1 saturated heterocycles. The second-order valence-electron chi connectivity index (χ2n) is 6.79. The van der Waals surface area contributed by atoms with E-state index in [1.165, 1.54) is 10.7 Å². The van der Waals surface area contributed by atoms with Gasteiger partial charge in [0.2, 0.25) is 0 Å². The van der Waals surface area contributed by atoms with Crippen molar-refractivity contribution in [3.8, 4) is 5.69 Å². The van der Waals surface area contributed by atoms with Gasteiger partial charge in [-0.3, -0.25) is 4.79 Å². The molecule has 144 valence electrons. The van der Waals surface area contributed by atoms with Crippen molar-refractivity contribution >= 4 is 23.2 Å². The van der Waals surface area contributed by atoms with Crippen molar-refractivity contribution in [2.24, 2.45) is 0 Å². The number of carbonyl (C=O) groups is 1. The predicted molar refractivity (Wildman–Crippen MR) is 108 cm³/mol. The summed E-state index contributed by atoms with van der Waals surface area (Å²) in [7, 11) is 0. The molecule has 0 atom stereocenters. The molecule has 3 aromatic rings. The van der Waals surface area contributed by atoms with E-state index in [1.54, 1.807) is 36.1 Å². The fraction of sp³-hybridized carbons (Fsp3) is 0.238. The molecule has 1 fully saturated rings. The van der Waals surface area contributed by atoms with Crippen molar-refractivity contribution in [1.82, 2.24) is 14.7 Å². The lowest BCUT2D eigenvalue weighted by Gasteiger charge is -2.36. The first-order valence-corrected chi connectivity index (χ1v) is 9.52. The summed E-state index contributed by atoms with van der Waals surface area (Å²) in [6.07, 6.45) is 0. The Labute approximate surface area is 167 Å². The van der Waals surface area contributed by atoms with Crippen LogP contribution in [-0.4, -0.2) is 46.8 Å². The molecule has 0 N–H and O–H groups in total. The third kappa shape index (κ3) is 3.60. The van der Waals surface area contributed by atoms with Crippen LogP contribution in [-0.2, 0) is 0 Å². The molecule has 0 aliphatic carbocycles. The predicted octanol–water partition coefficient (Wildman–Crippen LogP) is 3.94. The van der Waals surface area contributed by atoms with E-state index in [0.29, 0.717) is 29.5 Å². The molecule has 0 saturated carbocycles. The van der Waals surface area contributed by atoms with Crippen molar-refractivity contribution in [1.29, 1.82) is 0 Å². The lowest BCUT2D eigenvalue weighted by Crippen LogP contribution is -2.49. The molecule has 0 radical (unpaired) electrons. The highest BCUT2D eigenvalue weighted by Crippen LogP contribution is 2.21. The molecule has 5 nitrogen and oxygen atoms in total. The number of benzene rings is 2. The minimum Gasteiger partial charge on any atom is -0.368 e. The minimum absolute atomic E-state index is 0.139. The number of hydrogen-bond donors (Lipinski definition) is 0. The molecule has 7 heteroatoms. The Morgan fingerprint density at radius 2 is 1.71 bits per heavy atom. The Morgan fingerprint density at radius 3 is 2.39 bits per heavy atom. The number of para-hydroxylation sites is 1. The van der Waals surface area contributed by atoms with Crippen LogP contribution in [0.15, 0.2) is 54.6 Å². The smallest absolute Gasteiger partial charge is 0.272 e. The van der Waals surface area contributed by atoms with Crippen LogP contribution < -0.4 is 4.90 Å². The SMILES string of the molecule is Cc1cc(C(=O)N2CCN(c3ccc(Cl)cc3)CC2)n(-c2ccccc2F)n1. The van der Waals surface area contributed by atoms with Gasteiger partial charge in [0.15, 0.2) is 0 Å². The monoisotopic (exact) mass is 398 g/mol. The number of halogens is 2. The molecule has 1 aliphatic heterocycles. The maximum Gasteiger partial charge on any atom is 0.272 e. The molecule has 0 spiro atoms. The number of rotatable bonds is 3. The average molecular weight is 399 g/mol. The van der Waals surface area contributed by atoms with Crippen molar-refractivity contribution in [2.75, 3.05) is 31.1 Å². The van der Waals surface area contributed by atoms with Gasteiger partial charge in [-0.25, -0.2) is 9.07 Å². The minimum atomic E-state index is -0.410. The number of aromatic nitrogens is 2. The van der Waals surface area contributed by atoms with Gasteiger partial charge >= 0.3 is 0 Å². The van der Waals surface area contributed by atoms with Crippen LogP contribution in [0, 0.1) is 12.7 Å². The molecule has 2 aromatic carbocycles. The third-order valence-electron chi connectivity index (χ3n) is 4.89. The van der Waals surface area contributed by atoms with Crippen LogP contribution in [0.2, 0.25) is 5.02 Å². The molecule has 1 aromatic heterocycles. The van der Waals surface area contributed by atoms with E-state index in [0.717, 1.165) is 18.8 Å². The van der Waals surface area contributed by atoms with Crippen LogP contribution in [0.5, 0.6) is 0 Å². The standard InChI is InChI=1S/C21H20ClFN4O/c1-15-14-20(27(24-15)19-5-3-2-4-18(19)23)21(28)26-12-10-25(11-13-26)17-8-6-16(22)7-9-17/h2-9,14H,10-13H2,1H3. The van der Waals surface area contributed by atoms with Gasteiger partial charge in [0.1, 0.15) is 17.2 Å². The molecule has 2 heterocycles. The van der Waals surface area contributed by atoms with Crippen LogP contribution >= 0.6 is 11.6 Å². The molecule has 1 aliphatic rings. The number of aryl methyl sites for hydroxylation is 1. The lowest BCUT2D eigenvalue weighted by atomic mass is 10.2. The zero-order chi connectivity index (χ0) is 19.7. The van der Waals surface area contributed by atoms with E-state index >= 15 is 0 Å². The van der Waals surface area contributed by atoms with Gasteiger partial charge in [-0.15, -0.1) is 0 Å². The number of amides is 1. The number of piperazine rings is 1. The molecule has 4 rings (SSSR count). The molecule has 0 unspecified atom stereocenters. The van der Waals surface area contributed by atoms with Gasteiger partial charge in [0.25, 0.3) is 5.91 Å². The zero-order valence-electron chi connectivity index (χ0n) is 15.5. The van der Waals surface area contributed by atoms with E-state index in [1.807, 2.05) is 24.3 Å². The Bertz CT molecular complexity index is 994. The third-order valence-corrected chi connectivity index (χ3v) is 5.14. The summed E-state index contributed by atoms with van der Waals surface area (Å²) in [5, 5.41) is 5.04. The molecule has 28 heavy (non-hydrogen) atoms. The van der Waals surface area contributed by atoms with Gasteiger partial charge in [-0.1, -0.05) is 23.7 Å². The highest BCUT2D eigenvalue weighted by Gasteiger charge is 2.26. The second-order valence-corrected chi connectivity index (χ2v) is 7.23. The fourth-order valence-corrected chi connectivity index (χ4v) is 3.57.